The SMILES string of the molecule is CN(CC(C)(C)O)C(=O)NCCCOc1ccc(F)cc1. The molecule has 0 radical (unpaired) electrons. The fraction of sp³-hybridized carbons (Fsp3) is 0.533. The van der Waals surface area contributed by atoms with Gasteiger partial charge >= 0.3 is 6.03 Å². The van der Waals surface area contributed by atoms with E-state index in [-0.39, 0.29) is 18.4 Å². The van der Waals surface area contributed by atoms with Crippen LogP contribution in [0.4, 0.5) is 9.18 Å². The zero-order valence-corrected chi connectivity index (χ0v) is 12.7. The van der Waals surface area contributed by atoms with Crippen LogP contribution in [0.15, 0.2) is 24.3 Å². The summed E-state index contributed by atoms with van der Waals surface area (Å²) in [5.41, 5.74) is -0.919. The van der Waals surface area contributed by atoms with Crippen molar-refractivity contribution in [3.63, 3.8) is 0 Å². The number of benzene rings is 1. The molecule has 6 heteroatoms. The molecule has 21 heavy (non-hydrogen) atoms. The van der Waals surface area contributed by atoms with Crippen LogP contribution in [0.1, 0.15) is 20.3 Å². The van der Waals surface area contributed by atoms with E-state index in [1.807, 2.05) is 0 Å². The first kappa shape index (κ1) is 17.2. The Morgan fingerprint density at radius 3 is 2.57 bits per heavy atom. The maximum absolute atomic E-state index is 12.7. The monoisotopic (exact) mass is 298 g/mol. The Kier molecular flexibility index (Phi) is 6.42. The lowest BCUT2D eigenvalue weighted by molar-refractivity contribution is 0.0532. The number of hydrogen-bond acceptors (Lipinski definition) is 3. The van der Waals surface area contributed by atoms with Crippen molar-refractivity contribution in [1.82, 2.24) is 10.2 Å². The van der Waals surface area contributed by atoms with Crippen molar-refractivity contribution < 1.29 is 19.0 Å². The molecule has 0 fully saturated rings. The number of halogens is 1. The zero-order chi connectivity index (χ0) is 15.9. The van der Waals surface area contributed by atoms with Crippen LogP contribution in [0.25, 0.3) is 0 Å². The number of carbonyl (C=O) groups is 1. The lowest BCUT2D eigenvalue weighted by atomic mass is 10.1. The summed E-state index contributed by atoms with van der Waals surface area (Å²) >= 11 is 0. The van der Waals surface area contributed by atoms with Gasteiger partial charge in [0, 0.05) is 13.6 Å². The second-order valence-electron chi connectivity index (χ2n) is 5.56. The van der Waals surface area contributed by atoms with Crippen LogP contribution in [-0.2, 0) is 0 Å². The van der Waals surface area contributed by atoms with E-state index in [1.165, 1.54) is 17.0 Å². The van der Waals surface area contributed by atoms with Gasteiger partial charge in [-0.15, -0.1) is 0 Å². The number of ether oxygens (including phenoxy) is 1. The Balaban J connectivity index is 2.16. The van der Waals surface area contributed by atoms with Crippen molar-refractivity contribution in [2.45, 2.75) is 25.9 Å². The van der Waals surface area contributed by atoms with Crippen LogP contribution in [0, 0.1) is 5.82 Å². The summed E-state index contributed by atoms with van der Waals surface area (Å²) in [5, 5.41) is 12.4. The van der Waals surface area contributed by atoms with Gasteiger partial charge in [-0.25, -0.2) is 9.18 Å². The first-order valence-electron chi connectivity index (χ1n) is 6.88. The first-order valence-corrected chi connectivity index (χ1v) is 6.88. The number of amides is 2. The van der Waals surface area contributed by atoms with Gasteiger partial charge in [-0.3, -0.25) is 0 Å². The number of aliphatic hydroxyl groups is 1. The smallest absolute Gasteiger partial charge is 0.317 e. The van der Waals surface area contributed by atoms with Crippen molar-refractivity contribution in [3.05, 3.63) is 30.1 Å². The van der Waals surface area contributed by atoms with E-state index < -0.39 is 5.60 Å². The molecule has 1 aromatic rings. The molecule has 0 spiro atoms. The van der Waals surface area contributed by atoms with Gasteiger partial charge in [-0.2, -0.15) is 0 Å². The average molecular weight is 298 g/mol. The van der Waals surface area contributed by atoms with Gasteiger partial charge in [0.25, 0.3) is 0 Å². The van der Waals surface area contributed by atoms with Gasteiger partial charge < -0.3 is 20.1 Å². The van der Waals surface area contributed by atoms with Crippen molar-refractivity contribution in [2.24, 2.45) is 0 Å². The Hall–Kier alpha value is -1.82. The number of hydrogen-bond donors (Lipinski definition) is 2. The van der Waals surface area contributed by atoms with Gasteiger partial charge in [0.1, 0.15) is 11.6 Å². The van der Waals surface area contributed by atoms with E-state index in [9.17, 15) is 14.3 Å². The summed E-state index contributed by atoms with van der Waals surface area (Å²) in [4.78, 5) is 13.1. The second kappa shape index (κ2) is 7.83. The fourth-order valence-corrected chi connectivity index (χ4v) is 1.78. The van der Waals surface area contributed by atoms with Crippen molar-refractivity contribution in [3.8, 4) is 5.75 Å². The quantitative estimate of drug-likeness (QED) is 0.757. The number of nitrogens with zero attached hydrogens (tertiary/aromatic N) is 1. The molecule has 2 N–H and O–H groups in total. The van der Waals surface area contributed by atoms with E-state index in [0.29, 0.717) is 25.3 Å². The second-order valence-corrected chi connectivity index (χ2v) is 5.56. The molecule has 0 heterocycles. The molecule has 0 unspecified atom stereocenters. The van der Waals surface area contributed by atoms with E-state index in [2.05, 4.69) is 5.32 Å². The highest BCUT2D eigenvalue weighted by molar-refractivity contribution is 5.73. The van der Waals surface area contributed by atoms with E-state index in [4.69, 9.17) is 4.74 Å². The van der Waals surface area contributed by atoms with Crippen LogP contribution in [-0.4, -0.2) is 48.4 Å². The standard InChI is InChI=1S/C15H23FN2O3/c1-15(2,20)11-18(3)14(19)17-9-4-10-21-13-7-5-12(16)6-8-13/h5-8,20H,4,9-11H2,1-3H3,(H,17,19). The molecule has 0 atom stereocenters. The highest BCUT2D eigenvalue weighted by Crippen LogP contribution is 2.11. The molecular weight excluding hydrogens is 275 g/mol. The summed E-state index contributed by atoms with van der Waals surface area (Å²) in [6, 6.07) is 5.56. The highest BCUT2D eigenvalue weighted by atomic mass is 19.1. The number of rotatable bonds is 7. The van der Waals surface area contributed by atoms with Gasteiger partial charge in [0.05, 0.1) is 18.8 Å². The summed E-state index contributed by atoms with van der Waals surface area (Å²) in [5.74, 6) is 0.298. The van der Waals surface area contributed by atoms with Gasteiger partial charge in [0.2, 0.25) is 0 Å². The minimum Gasteiger partial charge on any atom is -0.494 e. The summed E-state index contributed by atoms with van der Waals surface area (Å²) in [7, 11) is 1.63. The molecule has 2 amide bonds. The largest absolute Gasteiger partial charge is 0.494 e. The Morgan fingerprint density at radius 2 is 2.00 bits per heavy atom. The van der Waals surface area contributed by atoms with Crippen LogP contribution >= 0.6 is 0 Å². The molecule has 118 valence electrons. The third-order valence-electron chi connectivity index (χ3n) is 2.65. The summed E-state index contributed by atoms with van der Waals surface area (Å²) in [6.45, 7) is 4.45. The van der Waals surface area contributed by atoms with Gasteiger partial charge in [0.15, 0.2) is 0 Å². The van der Waals surface area contributed by atoms with Crippen LogP contribution in [0.5, 0.6) is 5.75 Å². The third kappa shape index (κ3) is 7.51. The molecule has 0 aliphatic carbocycles. The molecule has 0 bridgehead atoms. The lowest BCUT2D eigenvalue weighted by Gasteiger charge is -2.25. The first-order chi connectivity index (χ1) is 9.78. The van der Waals surface area contributed by atoms with Crippen molar-refractivity contribution >= 4 is 6.03 Å². The minimum absolute atomic E-state index is 0.237. The number of urea groups is 1. The van der Waals surface area contributed by atoms with Crippen LogP contribution in [0.3, 0.4) is 0 Å². The molecule has 5 nitrogen and oxygen atoms in total. The number of nitrogens with one attached hydrogen (secondary N) is 1. The highest BCUT2D eigenvalue weighted by Gasteiger charge is 2.18. The Bertz CT molecular complexity index is 443. The normalized spacial score (nSPS) is 11.1. The average Bonchev–Trinajstić information content (AvgIpc) is 2.38. The minimum atomic E-state index is -0.919. The van der Waals surface area contributed by atoms with Crippen LogP contribution in [0.2, 0.25) is 0 Å². The van der Waals surface area contributed by atoms with E-state index in [0.717, 1.165) is 0 Å². The molecule has 1 aromatic carbocycles. The molecule has 0 aromatic heterocycles. The van der Waals surface area contributed by atoms with E-state index >= 15 is 0 Å². The molecule has 0 aliphatic rings. The Morgan fingerprint density at radius 1 is 1.38 bits per heavy atom. The topological polar surface area (TPSA) is 61.8 Å². The van der Waals surface area contributed by atoms with Crippen LogP contribution < -0.4 is 10.1 Å². The predicted octanol–water partition coefficient (Wildman–Crippen LogP) is 2.01. The summed E-state index contributed by atoms with van der Waals surface area (Å²) < 4.78 is 18.1. The van der Waals surface area contributed by atoms with Crippen molar-refractivity contribution in [2.75, 3.05) is 26.7 Å². The molecule has 0 saturated heterocycles. The summed E-state index contributed by atoms with van der Waals surface area (Å²) in [6.07, 6.45) is 0.638. The van der Waals surface area contributed by atoms with Crippen molar-refractivity contribution in [1.29, 1.82) is 0 Å². The maximum Gasteiger partial charge on any atom is 0.317 e. The number of likely N-dealkylation sites (N-methyl/N-ethyl adjacent to an activating group) is 1. The fourth-order valence-electron chi connectivity index (χ4n) is 1.78. The third-order valence-corrected chi connectivity index (χ3v) is 2.65. The molecule has 0 saturated carbocycles. The van der Waals surface area contributed by atoms with E-state index in [1.54, 1.807) is 33.0 Å². The Labute approximate surface area is 124 Å². The predicted molar refractivity (Wildman–Crippen MR) is 78.8 cm³/mol. The molecule has 1 rings (SSSR count). The maximum atomic E-state index is 12.7. The van der Waals surface area contributed by atoms with Gasteiger partial charge in [-0.05, 0) is 44.5 Å². The molecule has 0 aliphatic heterocycles. The zero-order valence-electron chi connectivity index (χ0n) is 12.7. The lowest BCUT2D eigenvalue weighted by Crippen LogP contribution is -2.44. The molecular formula is C15H23FN2O3. The van der Waals surface area contributed by atoms with Gasteiger partial charge in [-0.1, -0.05) is 0 Å². The number of carbonyl (C=O) groups excluding carboxylic acids is 1.